The zero-order chi connectivity index (χ0) is 20.5. The lowest BCUT2D eigenvalue weighted by Gasteiger charge is -2.35. The normalized spacial score (nSPS) is 20.3. The number of thioether (sulfide) groups is 1. The number of ether oxygens (including phenoxy) is 2. The van der Waals surface area contributed by atoms with Gasteiger partial charge in [-0.1, -0.05) is 30.3 Å². The monoisotopic (exact) mass is 410 g/mol. The van der Waals surface area contributed by atoms with Crippen molar-refractivity contribution in [2.45, 2.75) is 38.7 Å². The Bertz CT molecular complexity index is 662. The van der Waals surface area contributed by atoms with Crippen LogP contribution in [0.4, 0.5) is 4.79 Å². The Morgan fingerprint density at radius 3 is 2.50 bits per heavy atom. The van der Waals surface area contributed by atoms with Gasteiger partial charge in [0.25, 0.3) is 0 Å². The number of hydrogen-bond donors (Lipinski definition) is 2. The second-order valence-corrected chi connectivity index (χ2v) is 7.70. The summed E-state index contributed by atoms with van der Waals surface area (Å²) in [4.78, 5) is 37.3. The molecule has 3 unspecified atom stereocenters. The van der Waals surface area contributed by atoms with E-state index in [1.807, 2.05) is 32.0 Å². The van der Waals surface area contributed by atoms with Crippen molar-refractivity contribution in [3.05, 3.63) is 35.9 Å². The summed E-state index contributed by atoms with van der Waals surface area (Å²) in [5.41, 5.74) is 0.804. The summed E-state index contributed by atoms with van der Waals surface area (Å²) in [5, 5.41) is 11.6. The molecule has 9 heteroatoms. The number of nitrogens with one attached hydrogen (secondary N) is 1. The van der Waals surface area contributed by atoms with Crippen molar-refractivity contribution in [1.82, 2.24) is 10.2 Å². The highest BCUT2D eigenvalue weighted by molar-refractivity contribution is 8.00. The van der Waals surface area contributed by atoms with Gasteiger partial charge in [-0.05, 0) is 19.4 Å². The summed E-state index contributed by atoms with van der Waals surface area (Å²) in [6.07, 6.45) is -0.852. The third-order valence-corrected chi connectivity index (χ3v) is 5.11. The van der Waals surface area contributed by atoms with E-state index >= 15 is 0 Å². The molecule has 1 aromatic rings. The molecule has 1 aliphatic heterocycles. The van der Waals surface area contributed by atoms with Gasteiger partial charge < -0.3 is 24.8 Å². The maximum absolute atomic E-state index is 12.3. The van der Waals surface area contributed by atoms with Gasteiger partial charge in [0.15, 0.2) is 0 Å². The Kier molecular flexibility index (Phi) is 8.59. The number of hydrogen-bond acceptors (Lipinski definition) is 6. The molecule has 0 radical (unpaired) electrons. The first kappa shape index (κ1) is 22.0. The molecule has 1 aliphatic rings. The molecule has 2 N–H and O–H groups in total. The van der Waals surface area contributed by atoms with E-state index in [4.69, 9.17) is 9.47 Å². The summed E-state index contributed by atoms with van der Waals surface area (Å²) in [6, 6.07) is 7.96. The van der Waals surface area contributed by atoms with Crippen molar-refractivity contribution in [3.8, 4) is 0 Å². The molecule has 8 nitrogen and oxygen atoms in total. The van der Waals surface area contributed by atoms with E-state index in [9.17, 15) is 19.5 Å². The van der Waals surface area contributed by atoms with Crippen LogP contribution < -0.4 is 5.32 Å². The van der Waals surface area contributed by atoms with Crippen LogP contribution in [-0.2, 0) is 25.7 Å². The number of rotatable bonds is 8. The number of carboxylic acids is 1. The maximum Gasteiger partial charge on any atom is 0.408 e. The number of aliphatic carboxylic acids is 1. The number of benzene rings is 1. The van der Waals surface area contributed by atoms with Crippen molar-refractivity contribution in [1.29, 1.82) is 0 Å². The van der Waals surface area contributed by atoms with Crippen LogP contribution in [-0.4, -0.2) is 70.8 Å². The van der Waals surface area contributed by atoms with E-state index in [2.05, 4.69) is 5.32 Å². The van der Waals surface area contributed by atoms with Crippen molar-refractivity contribution < 1.29 is 29.0 Å². The van der Waals surface area contributed by atoms with Gasteiger partial charge in [-0.25, -0.2) is 9.59 Å². The summed E-state index contributed by atoms with van der Waals surface area (Å²) in [7, 11) is 0. The van der Waals surface area contributed by atoms with E-state index in [1.54, 1.807) is 17.0 Å². The van der Waals surface area contributed by atoms with E-state index in [-0.39, 0.29) is 36.2 Å². The van der Waals surface area contributed by atoms with Gasteiger partial charge in [0.05, 0.1) is 18.0 Å². The van der Waals surface area contributed by atoms with Crippen molar-refractivity contribution in [2.24, 2.45) is 0 Å². The van der Waals surface area contributed by atoms with Crippen molar-refractivity contribution >= 4 is 29.7 Å². The van der Waals surface area contributed by atoms with Crippen LogP contribution in [0.15, 0.2) is 30.3 Å². The molecule has 28 heavy (non-hydrogen) atoms. The van der Waals surface area contributed by atoms with Crippen LogP contribution in [0.2, 0.25) is 0 Å². The van der Waals surface area contributed by atoms with Gasteiger partial charge in [0, 0.05) is 18.8 Å². The van der Waals surface area contributed by atoms with Gasteiger partial charge in [-0.3, -0.25) is 4.79 Å². The van der Waals surface area contributed by atoms with Crippen molar-refractivity contribution in [2.75, 3.05) is 24.6 Å². The van der Waals surface area contributed by atoms with Crippen LogP contribution in [0.1, 0.15) is 19.4 Å². The average Bonchev–Trinajstić information content (AvgIpc) is 2.65. The average molecular weight is 410 g/mol. The molecule has 0 spiro atoms. The van der Waals surface area contributed by atoms with E-state index in [0.29, 0.717) is 13.1 Å². The number of carboxylic acid groups (broad SMARTS) is 1. The van der Waals surface area contributed by atoms with Gasteiger partial charge in [-0.15, -0.1) is 11.8 Å². The number of alkyl carbamates (subject to hydrolysis) is 1. The largest absolute Gasteiger partial charge is 0.480 e. The Labute approximate surface area is 168 Å². The minimum absolute atomic E-state index is 0.0227. The van der Waals surface area contributed by atoms with E-state index < -0.39 is 18.1 Å². The minimum atomic E-state index is -1.18. The minimum Gasteiger partial charge on any atom is -0.480 e. The highest BCUT2D eigenvalue weighted by atomic mass is 32.2. The Morgan fingerprint density at radius 1 is 1.25 bits per heavy atom. The molecule has 1 heterocycles. The second-order valence-electron chi connectivity index (χ2n) is 6.67. The molecule has 1 aromatic carbocycles. The first-order valence-corrected chi connectivity index (χ1v) is 10.2. The van der Waals surface area contributed by atoms with Gasteiger partial charge in [0.1, 0.15) is 12.6 Å². The zero-order valence-corrected chi connectivity index (χ0v) is 16.8. The molecule has 1 fully saturated rings. The maximum atomic E-state index is 12.3. The number of amides is 2. The lowest BCUT2D eigenvalue weighted by Crippen LogP contribution is -2.49. The molecule has 154 valence electrons. The SMILES string of the molecule is CC1CN(C(=O)CSCC(NC(=O)OCc2ccccc2)C(=O)O)CC(C)O1. The lowest BCUT2D eigenvalue weighted by atomic mass is 10.2. The Balaban J connectivity index is 1.73. The van der Waals surface area contributed by atoms with Gasteiger partial charge in [0.2, 0.25) is 5.91 Å². The standard InChI is InChI=1S/C19H26N2O6S/c1-13-8-21(9-14(2)27-13)17(22)12-28-11-16(18(23)24)20-19(25)26-10-15-6-4-3-5-7-15/h3-7,13-14,16H,8-12H2,1-2H3,(H,20,25)(H,23,24). The van der Waals surface area contributed by atoms with Crippen LogP contribution in [0.25, 0.3) is 0 Å². The number of carbonyl (C=O) groups excluding carboxylic acids is 2. The summed E-state index contributed by atoms with van der Waals surface area (Å²) in [6.45, 7) is 4.92. The van der Waals surface area contributed by atoms with Gasteiger partial charge in [-0.2, -0.15) is 0 Å². The topological polar surface area (TPSA) is 105 Å². The molecule has 0 aliphatic carbocycles. The van der Waals surface area contributed by atoms with Crippen LogP contribution in [0.5, 0.6) is 0 Å². The summed E-state index contributed by atoms with van der Waals surface area (Å²) < 4.78 is 10.6. The molecule has 1 saturated heterocycles. The predicted molar refractivity (Wildman–Crippen MR) is 105 cm³/mol. The number of carbonyl (C=O) groups is 3. The second kappa shape index (κ2) is 10.9. The van der Waals surface area contributed by atoms with Crippen LogP contribution >= 0.6 is 11.8 Å². The fourth-order valence-corrected chi connectivity index (χ4v) is 3.76. The molecule has 0 aromatic heterocycles. The van der Waals surface area contributed by atoms with Crippen LogP contribution in [0, 0.1) is 0 Å². The first-order valence-electron chi connectivity index (χ1n) is 9.06. The Hall–Kier alpha value is -2.26. The van der Waals surface area contributed by atoms with Gasteiger partial charge >= 0.3 is 12.1 Å². The summed E-state index contributed by atoms with van der Waals surface area (Å²) >= 11 is 1.17. The number of morpholine rings is 1. The molecule has 2 rings (SSSR count). The van der Waals surface area contributed by atoms with Crippen LogP contribution in [0.3, 0.4) is 0 Å². The molecule has 0 saturated carbocycles. The third-order valence-electron chi connectivity index (χ3n) is 4.09. The molecule has 3 atom stereocenters. The molecule has 2 amide bonds. The van der Waals surface area contributed by atoms with E-state index in [0.717, 1.165) is 5.56 Å². The number of nitrogens with zero attached hydrogens (tertiary/aromatic N) is 1. The quantitative estimate of drug-likeness (QED) is 0.672. The highest BCUT2D eigenvalue weighted by Gasteiger charge is 2.26. The van der Waals surface area contributed by atoms with Crippen molar-refractivity contribution in [3.63, 3.8) is 0 Å². The molecular formula is C19H26N2O6S. The fraction of sp³-hybridized carbons (Fsp3) is 0.526. The fourth-order valence-electron chi connectivity index (χ4n) is 2.82. The Morgan fingerprint density at radius 2 is 1.89 bits per heavy atom. The highest BCUT2D eigenvalue weighted by Crippen LogP contribution is 2.13. The smallest absolute Gasteiger partial charge is 0.408 e. The predicted octanol–water partition coefficient (Wildman–Crippen LogP) is 1.73. The first-order chi connectivity index (χ1) is 13.3. The zero-order valence-electron chi connectivity index (χ0n) is 16.0. The third kappa shape index (κ3) is 7.40. The summed E-state index contributed by atoms with van der Waals surface area (Å²) in [5.74, 6) is -1.03. The lowest BCUT2D eigenvalue weighted by molar-refractivity contribution is -0.140. The van der Waals surface area contributed by atoms with E-state index in [1.165, 1.54) is 11.8 Å². The molecular weight excluding hydrogens is 384 g/mol. The molecule has 0 bridgehead atoms.